The lowest BCUT2D eigenvalue weighted by Gasteiger charge is -2.09. The molecule has 1 aromatic heterocycles. The molecule has 16 heavy (non-hydrogen) atoms. The molecule has 90 valence electrons. The number of rotatable bonds is 4. The number of halogens is 1. The second-order valence-corrected chi connectivity index (χ2v) is 3.33. The Morgan fingerprint density at radius 3 is 2.88 bits per heavy atom. The van der Waals surface area contributed by atoms with E-state index in [0.29, 0.717) is 18.8 Å². The first-order valence-corrected chi connectivity index (χ1v) is 4.95. The number of amides is 1. The van der Waals surface area contributed by atoms with Gasteiger partial charge in [-0.05, 0) is 19.4 Å². The van der Waals surface area contributed by atoms with Crippen molar-refractivity contribution in [3.63, 3.8) is 0 Å². The Bertz CT molecular complexity index is 345. The number of carbonyl (C=O) groups excluding carboxylic acids is 1. The molecule has 0 unspecified atom stereocenters. The second-order valence-electron chi connectivity index (χ2n) is 3.33. The topological polar surface area (TPSA) is 80.9 Å². The van der Waals surface area contributed by atoms with E-state index < -0.39 is 6.04 Å². The van der Waals surface area contributed by atoms with Gasteiger partial charge in [0.25, 0.3) is 0 Å². The fraction of sp³-hybridized carbons (Fsp3) is 0.500. The molecule has 1 atom stereocenters. The van der Waals surface area contributed by atoms with E-state index >= 15 is 0 Å². The zero-order valence-corrected chi connectivity index (χ0v) is 10.3. The van der Waals surface area contributed by atoms with E-state index in [1.807, 2.05) is 13.8 Å². The zero-order chi connectivity index (χ0) is 11.3. The third-order valence-electron chi connectivity index (χ3n) is 2.05. The highest BCUT2D eigenvalue weighted by Gasteiger charge is 2.09. The van der Waals surface area contributed by atoms with Gasteiger partial charge in [0.05, 0.1) is 18.3 Å². The highest BCUT2D eigenvalue weighted by atomic mass is 35.5. The molecule has 0 bridgehead atoms. The van der Waals surface area contributed by atoms with Crippen molar-refractivity contribution in [1.82, 2.24) is 15.3 Å². The van der Waals surface area contributed by atoms with Crippen LogP contribution >= 0.6 is 12.4 Å². The summed E-state index contributed by atoms with van der Waals surface area (Å²) in [5.41, 5.74) is 6.36. The van der Waals surface area contributed by atoms with E-state index in [9.17, 15) is 4.79 Å². The molecule has 0 aliphatic rings. The van der Waals surface area contributed by atoms with E-state index in [0.717, 1.165) is 5.69 Å². The maximum Gasteiger partial charge on any atom is 0.237 e. The number of nitrogens with one attached hydrogen (secondary N) is 1. The maximum atomic E-state index is 11.4. The summed E-state index contributed by atoms with van der Waals surface area (Å²) in [5, 5.41) is 2.72. The summed E-state index contributed by atoms with van der Waals surface area (Å²) in [7, 11) is 0. The maximum absolute atomic E-state index is 11.4. The average Bonchev–Trinajstić information content (AvgIpc) is 2.25. The van der Waals surface area contributed by atoms with Gasteiger partial charge in [-0.15, -0.1) is 12.4 Å². The molecule has 0 aliphatic heterocycles. The molecule has 3 N–H and O–H groups in total. The molecule has 1 heterocycles. The van der Waals surface area contributed by atoms with Crippen molar-refractivity contribution in [2.75, 3.05) is 0 Å². The smallest absolute Gasteiger partial charge is 0.237 e. The fourth-order valence-electron chi connectivity index (χ4n) is 1.10. The number of aryl methyl sites for hydroxylation is 1. The van der Waals surface area contributed by atoms with E-state index in [4.69, 9.17) is 5.73 Å². The minimum atomic E-state index is -0.437. The summed E-state index contributed by atoms with van der Waals surface area (Å²) in [6.07, 6.45) is 2.30. The van der Waals surface area contributed by atoms with Crippen molar-refractivity contribution in [2.24, 2.45) is 5.73 Å². The van der Waals surface area contributed by atoms with Crippen molar-refractivity contribution in [3.05, 3.63) is 23.8 Å². The molecule has 1 amide bonds. The SMILES string of the molecule is CC[C@H](N)C(=O)NCc1ccnc(C)n1.Cl. The van der Waals surface area contributed by atoms with Gasteiger partial charge >= 0.3 is 0 Å². The largest absolute Gasteiger partial charge is 0.349 e. The lowest BCUT2D eigenvalue weighted by Crippen LogP contribution is -2.39. The Hall–Kier alpha value is -1.20. The Balaban J connectivity index is 0.00000225. The third-order valence-corrected chi connectivity index (χ3v) is 2.05. The molecule has 0 spiro atoms. The molecular weight excluding hydrogens is 228 g/mol. The molecule has 0 aromatic carbocycles. The van der Waals surface area contributed by atoms with Gasteiger partial charge in [-0.25, -0.2) is 9.97 Å². The van der Waals surface area contributed by atoms with Crippen LogP contribution in [0.15, 0.2) is 12.3 Å². The van der Waals surface area contributed by atoms with Gasteiger partial charge in [0.2, 0.25) is 5.91 Å². The molecule has 1 rings (SSSR count). The van der Waals surface area contributed by atoms with Gasteiger partial charge in [-0.2, -0.15) is 0 Å². The molecule has 6 heteroatoms. The predicted octanol–water partition coefficient (Wildman–Crippen LogP) is 0.560. The summed E-state index contributed by atoms with van der Waals surface area (Å²) >= 11 is 0. The summed E-state index contributed by atoms with van der Waals surface area (Å²) < 4.78 is 0. The highest BCUT2D eigenvalue weighted by Crippen LogP contribution is 1.94. The number of nitrogens with zero attached hydrogens (tertiary/aromatic N) is 2. The molecule has 0 saturated heterocycles. The molecule has 0 fully saturated rings. The monoisotopic (exact) mass is 244 g/mol. The van der Waals surface area contributed by atoms with Gasteiger partial charge in [0.15, 0.2) is 0 Å². The summed E-state index contributed by atoms with van der Waals surface area (Å²) in [4.78, 5) is 19.5. The number of hydrogen-bond donors (Lipinski definition) is 2. The minimum Gasteiger partial charge on any atom is -0.349 e. The number of nitrogens with two attached hydrogens (primary N) is 1. The van der Waals surface area contributed by atoms with Crippen LogP contribution in [-0.4, -0.2) is 21.9 Å². The predicted molar refractivity (Wildman–Crippen MR) is 64.1 cm³/mol. The summed E-state index contributed by atoms with van der Waals surface area (Å²) in [5.74, 6) is 0.551. The van der Waals surface area contributed by atoms with E-state index in [-0.39, 0.29) is 18.3 Å². The van der Waals surface area contributed by atoms with E-state index in [2.05, 4.69) is 15.3 Å². The van der Waals surface area contributed by atoms with Crippen molar-refractivity contribution >= 4 is 18.3 Å². The lowest BCUT2D eigenvalue weighted by molar-refractivity contribution is -0.122. The van der Waals surface area contributed by atoms with Crippen molar-refractivity contribution in [1.29, 1.82) is 0 Å². The Kier molecular flexibility index (Phi) is 6.60. The molecule has 0 radical (unpaired) electrons. The van der Waals surface area contributed by atoms with Gasteiger partial charge in [-0.1, -0.05) is 6.92 Å². The van der Waals surface area contributed by atoms with Crippen molar-refractivity contribution in [3.8, 4) is 0 Å². The number of hydrogen-bond acceptors (Lipinski definition) is 4. The van der Waals surface area contributed by atoms with Crippen LogP contribution < -0.4 is 11.1 Å². The van der Waals surface area contributed by atoms with Crippen molar-refractivity contribution < 1.29 is 4.79 Å². The van der Waals surface area contributed by atoms with Crippen LogP contribution in [0.5, 0.6) is 0 Å². The standard InChI is InChI=1S/C10H16N4O.ClH/c1-3-9(11)10(15)13-6-8-4-5-12-7(2)14-8;/h4-5,9H,3,6,11H2,1-2H3,(H,13,15);1H/t9-;/m0./s1. The van der Waals surface area contributed by atoms with Crippen LogP contribution in [-0.2, 0) is 11.3 Å². The number of aromatic nitrogens is 2. The van der Waals surface area contributed by atoms with Crippen LogP contribution in [0.1, 0.15) is 24.9 Å². The lowest BCUT2D eigenvalue weighted by atomic mass is 10.2. The highest BCUT2D eigenvalue weighted by molar-refractivity contribution is 5.85. The van der Waals surface area contributed by atoms with Crippen LogP contribution in [0.2, 0.25) is 0 Å². The summed E-state index contributed by atoms with van der Waals surface area (Å²) in [6.45, 7) is 4.08. The molecule has 1 aromatic rings. The van der Waals surface area contributed by atoms with Crippen LogP contribution in [0, 0.1) is 6.92 Å². The van der Waals surface area contributed by atoms with Gasteiger partial charge in [0, 0.05) is 6.20 Å². The molecule has 0 saturated carbocycles. The number of carbonyl (C=O) groups is 1. The zero-order valence-electron chi connectivity index (χ0n) is 9.43. The Morgan fingerprint density at radius 1 is 1.62 bits per heavy atom. The quantitative estimate of drug-likeness (QED) is 0.811. The Labute approximate surface area is 101 Å². The van der Waals surface area contributed by atoms with Crippen LogP contribution in [0.25, 0.3) is 0 Å². The third kappa shape index (κ3) is 4.55. The van der Waals surface area contributed by atoms with Crippen LogP contribution in [0.3, 0.4) is 0 Å². The van der Waals surface area contributed by atoms with Crippen LogP contribution in [0.4, 0.5) is 0 Å². The van der Waals surface area contributed by atoms with Gasteiger partial charge in [-0.3, -0.25) is 4.79 Å². The molecule has 0 aliphatic carbocycles. The first-order valence-electron chi connectivity index (χ1n) is 4.95. The normalized spacial score (nSPS) is 11.4. The fourth-order valence-corrected chi connectivity index (χ4v) is 1.10. The van der Waals surface area contributed by atoms with E-state index in [1.165, 1.54) is 0 Å². The first-order chi connectivity index (χ1) is 7.13. The second kappa shape index (κ2) is 7.14. The van der Waals surface area contributed by atoms with Gasteiger partial charge in [0.1, 0.15) is 5.82 Å². The minimum absolute atomic E-state index is 0. The van der Waals surface area contributed by atoms with Gasteiger partial charge < -0.3 is 11.1 Å². The Morgan fingerprint density at radius 2 is 2.31 bits per heavy atom. The average molecular weight is 245 g/mol. The van der Waals surface area contributed by atoms with Crippen molar-refractivity contribution in [2.45, 2.75) is 32.9 Å². The van der Waals surface area contributed by atoms with E-state index in [1.54, 1.807) is 12.3 Å². The molecule has 5 nitrogen and oxygen atoms in total. The molecular formula is C10H17ClN4O. The first kappa shape index (κ1) is 14.8. The summed E-state index contributed by atoms with van der Waals surface area (Å²) in [6, 6.07) is 1.33.